The minimum atomic E-state index is -1.05. The van der Waals surface area contributed by atoms with E-state index in [0.717, 1.165) is 0 Å². The standard InChI is InChI=1S/C15H19FN2O4/c16-12-3-5-17(13(20)8-19)9-15(12)4-6-18(10-15)14(21)11-2-1-7-22-11/h1-2,7,12,19H,3-6,8-10H2/t12-,15+/m1/s1. The fourth-order valence-electron chi connectivity index (χ4n) is 3.46. The molecule has 3 rings (SSSR count). The van der Waals surface area contributed by atoms with Gasteiger partial charge in [-0.1, -0.05) is 0 Å². The average Bonchev–Trinajstić information content (AvgIpc) is 3.19. The van der Waals surface area contributed by atoms with Crippen LogP contribution >= 0.6 is 0 Å². The number of carbonyl (C=O) groups excluding carboxylic acids is 2. The van der Waals surface area contributed by atoms with Crippen LogP contribution in [0.1, 0.15) is 23.4 Å². The van der Waals surface area contributed by atoms with E-state index in [9.17, 15) is 14.0 Å². The Morgan fingerprint density at radius 3 is 2.82 bits per heavy atom. The third-order valence-electron chi connectivity index (χ3n) is 4.72. The van der Waals surface area contributed by atoms with Crippen LogP contribution in [0.2, 0.25) is 0 Å². The van der Waals surface area contributed by atoms with E-state index in [1.54, 1.807) is 17.0 Å². The Bertz CT molecular complexity index is 562. The van der Waals surface area contributed by atoms with E-state index >= 15 is 0 Å². The molecule has 0 bridgehead atoms. The fourth-order valence-corrected chi connectivity index (χ4v) is 3.46. The molecule has 0 unspecified atom stereocenters. The summed E-state index contributed by atoms with van der Waals surface area (Å²) in [5.41, 5.74) is -0.731. The molecule has 1 aromatic heterocycles. The summed E-state index contributed by atoms with van der Waals surface area (Å²) >= 11 is 0. The van der Waals surface area contributed by atoms with Crippen LogP contribution < -0.4 is 0 Å². The molecule has 120 valence electrons. The number of hydrogen-bond donors (Lipinski definition) is 1. The van der Waals surface area contributed by atoms with Crippen LogP contribution in [0.25, 0.3) is 0 Å². The number of halogens is 1. The molecule has 1 N–H and O–H groups in total. The van der Waals surface area contributed by atoms with Gasteiger partial charge in [0.2, 0.25) is 5.91 Å². The van der Waals surface area contributed by atoms with Gasteiger partial charge in [0.05, 0.1) is 6.26 Å². The van der Waals surface area contributed by atoms with Gasteiger partial charge in [-0.25, -0.2) is 4.39 Å². The minimum absolute atomic E-state index is 0.242. The molecule has 1 spiro atoms. The molecule has 2 aliphatic heterocycles. The van der Waals surface area contributed by atoms with E-state index in [1.165, 1.54) is 11.2 Å². The second kappa shape index (κ2) is 5.72. The Hall–Kier alpha value is -1.89. The second-order valence-corrected chi connectivity index (χ2v) is 6.05. The van der Waals surface area contributed by atoms with Crippen LogP contribution in [-0.2, 0) is 4.79 Å². The Morgan fingerprint density at radius 1 is 1.36 bits per heavy atom. The molecular weight excluding hydrogens is 291 g/mol. The van der Waals surface area contributed by atoms with E-state index in [2.05, 4.69) is 0 Å². The van der Waals surface area contributed by atoms with Gasteiger partial charge in [-0.05, 0) is 25.0 Å². The lowest BCUT2D eigenvalue weighted by Gasteiger charge is -2.42. The molecule has 3 heterocycles. The first-order valence-electron chi connectivity index (χ1n) is 7.41. The molecule has 2 atom stereocenters. The molecule has 7 heteroatoms. The third-order valence-corrected chi connectivity index (χ3v) is 4.72. The topological polar surface area (TPSA) is 74.0 Å². The third kappa shape index (κ3) is 2.49. The molecule has 2 amide bonds. The number of hydrogen-bond acceptors (Lipinski definition) is 4. The second-order valence-electron chi connectivity index (χ2n) is 6.05. The quantitative estimate of drug-likeness (QED) is 0.871. The van der Waals surface area contributed by atoms with Crippen molar-refractivity contribution in [3.63, 3.8) is 0 Å². The van der Waals surface area contributed by atoms with Crippen molar-refractivity contribution in [1.82, 2.24) is 9.80 Å². The van der Waals surface area contributed by atoms with Gasteiger partial charge in [-0.3, -0.25) is 9.59 Å². The summed E-state index contributed by atoms with van der Waals surface area (Å²) in [6, 6.07) is 3.22. The van der Waals surface area contributed by atoms with E-state index in [-0.39, 0.29) is 37.1 Å². The minimum Gasteiger partial charge on any atom is -0.459 e. The first kappa shape index (κ1) is 15.0. The zero-order valence-electron chi connectivity index (χ0n) is 12.2. The summed E-state index contributed by atoms with van der Waals surface area (Å²) in [6.07, 6.45) is 1.13. The van der Waals surface area contributed by atoms with Crippen molar-refractivity contribution in [1.29, 1.82) is 0 Å². The zero-order chi connectivity index (χ0) is 15.7. The van der Waals surface area contributed by atoms with E-state index in [0.29, 0.717) is 19.5 Å². The van der Waals surface area contributed by atoms with Crippen molar-refractivity contribution in [2.75, 3.05) is 32.8 Å². The van der Waals surface area contributed by atoms with Crippen LogP contribution in [0.15, 0.2) is 22.8 Å². The van der Waals surface area contributed by atoms with Crippen molar-refractivity contribution >= 4 is 11.8 Å². The number of aliphatic hydroxyl groups excluding tert-OH is 1. The number of carbonyl (C=O) groups is 2. The predicted octanol–water partition coefficient (Wildman–Crippen LogP) is 0.675. The summed E-state index contributed by atoms with van der Waals surface area (Å²) < 4.78 is 19.6. The smallest absolute Gasteiger partial charge is 0.289 e. The summed E-state index contributed by atoms with van der Waals surface area (Å²) in [5.74, 6) is -0.395. The number of alkyl halides is 1. The van der Waals surface area contributed by atoms with Gasteiger partial charge in [-0.2, -0.15) is 0 Å². The molecule has 2 aliphatic rings. The van der Waals surface area contributed by atoms with Crippen LogP contribution in [0.4, 0.5) is 4.39 Å². The van der Waals surface area contributed by atoms with Crippen molar-refractivity contribution in [2.24, 2.45) is 5.41 Å². The van der Waals surface area contributed by atoms with Gasteiger partial charge in [0.1, 0.15) is 12.8 Å². The van der Waals surface area contributed by atoms with Gasteiger partial charge < -0.3 is 19.3 Å². The zero-order valence-corrected chi connectivity index (χ0v) is 12.2. The maximum absolute atomic E-state index is 14.5. The Kier molecular flexibility index (Phi) is 3.90. The first-order chi connectivity index (χ1) is 10.6. The summed E-state index contributed by atoms with van der Waals surface area (Å²) in [4.78, 5) is 27.1. The van der Waals surface area contributed by atoms with Crippen molar-refractivity contribution in [3.8, 4) is 0 Å². The van der Waals surface area contributed by atoms with Crippen molar-refractivity contribution < 1.29 is 23.5 Å². The normalized spacial score (nSPS) is 28.4. The highest BCUT2D eigenvalue weighted by molar-refractivity contribution is 5.91. The van der Waals surface area contributed by atoms with Gasteiger partial charge in [0.25, 0.3) is 5.91 Å². The predicted molar refractivity (Wildman–Crippen MR) is 74.8 cm³/mol. The van der Waals surface area contributed by atoms with Gasteiger partial charge in [-0.15, -0.1) is 0 Å². The first-order valence-corrected chi connectivity index (χ1v) is 7.41. The van der Waals surface area contributed by atoms with E-state index in [1.807, 2.05) is 0 Å². The van der Waals surface area contributed by atoms with Crippen molar-refractivity contribution in [3.05, 3.63) is 24.2 Å². The highest BCUT2D eigenvalue weighted by Gasteiger charge is 2.50. The van der Waals surface area contributed by atoms with Crippen LogP contribution in [0, 0.1) is 5.41 Å². The number of nitrogens with zero attached hydrogens (tertiary/aromatic N) is 2. The van der Waals surface area contributed by atoms with Crippen molar-refractivity contribution in [2.45, 2.75) is 19.0 Å². The molecule has 2 saturated heterocycles. The molecule has 0 radical (unpaired) electrons. The van der Waals surface area contributed by atoms with Crippen LogP contribution in [-0.4, -0.2) is 65.7 Å². The summed E-state index contributed by atoms with van der Waals surface area (Å²) in [6.45, 7) is 0.704. The molecule has 2 fully saturated rings. The number of piperidine rings is 1. The maximum Gasteiger partial charge on any atom is 0.289 e. The summed E-state index contributed by atoms with van der Waals surface area (Å²) in [7, 11) is 0. The maximum atomic E-state index is 14.5. The largest absolute Gasteiger partial charge is 0.459 e. The number of aliphatic hydroxyl groups is 1. The van der Waals surface area contributed by atoms with Gasteiger partial charge in [0, 0.05) is 31.6 Å². The Morgan fingerprint density at radius 2 is 2.14 bits per heavy atom. The lowest BCUT2D eigenvalue weighted by molar-refractivity contribution is -0.139. The highest BCUT2D eigenvalue weighted by Crippen LogP contribution is 2.41. The molecular formula is C15H19FN2O4. The number of amides is 2. The molecule has 6 nitrogen and oxygen atoms in total. The molecule has 22 heavy (non-hydrogen) atoms. The Labute approximate surface area is 127 Å². The summed E-state index contributed by atoms with van der Waals surface area (Å²) in [5, 5.41) is 8.99. The van der Waals surface area contributed by atoms with E-state index in [4.69, 9.17) is 9.52 Å². The molecule has 0 saturated carbocycles. The highest BCUT2D eigenvalue weighted by atomic mass is 19.1. The number of rotatable bonds is 2. The van der Waals surface area contributed by atoms with Crippen LogP contribution in [0.5, 0.6) is 0 Å². The molecule has 0 aliphatic carbocycles. The number of likely N-dealkylation sites (tertiary alicyclic amines) is 2. The van der Waals surface area contributed by atoms with E-state index < -0.39 is 18.2 Å². The monoisotopic (exact) mass is 310 g/mol. The molecule has 1 aromatic rings. The SMILES string of the molecule is O=C(CO)N1CC[C@@H](F)[C@@]2(CCN(C(=O)c3ccco3)C2)C1. The Balaban J connectivity index is 1.73. The van der Waals surface area contributed by atoms with Gasteiger partial charge in [0.15, 0.2) is 5.76 Å². The number of furan rings is 1. The van der Waals surface area contributed by atoms with Gasteiger partial charge >= 0.3 is 0 Å². The lowest BCUT2D eigenvalue weighted by Crippen LogP contribution is -2.54. The lowest BCUT2D eigenvalue weighted by atomic mass is 9.77. The average molecular weight is 310 g/mol. The van der Waals surface area contributed by atoms with Crippen LogP contribution in [0.3, 0.4) is 0 Å². The fraction of sp³-hybridized carbons (Fsp3) is 0.600. The molecule has 0 aromatic carbocycles.